The van der Waals surface area contributed by atoms with Crippen LogP contribution >= 0.6 is 0 Å². The number of hydrogen-bond donors (Lipinski definition) is 1. The summed E-state index contributed by atoms with van der Waals surface area (Å²) in [5.74, 6) is 0.933. The number of nitrogens with zero attached hydrogens (tertiary/aromatic N) is 4. The molecule has 1 aliphatic carbocycles. The lowest BCUT2D eigenvalue weighted by Gasteiger charge is -2.32. The van der Waals surface area contributed by atoms with Crippen LogP contribution in [0.4, 0.5) is 0 Å². The number of tetrazole rings is 1. The normalized spacial score (nSPS) is 16.9. The van der Waals surface area contributed by atoms with E-state index in [1.807, 2.05) is 4.68 Å². The molecular formula is C16H23N5. The van der Waals surface area contributed by atoms with E-state index in [1.54, 1.807) is 0 Å². The molecule has 1 heterocycles. The van der Waals surface area contributed by atoms with Gasteiger partial charge in [-0.2, -0.15) is 0 Å². The summed E-state index contributed by atoms with van der Waals surface area (Å²) in [6.07, 6.45) is 2.39. The molecule has 1 N–H and O–H groups in total. The molecule has 1 aliphatic rings. The van der Waals surface area contributed by atoms with Gasteiger partial charge in [0, 0.05) is 6.04 Å². The third kappa shape index (κ3) is 3.29. The van der Waals surface area contributed by atoms with Gasteiger partial charge in [-0.1, -0.05) is 51.1 Å². The molecule has 21 heavy (non-hydrogen) atoms. The standard InChI is InChI=1S/C16H23N5/c1-16(2,3)15(12-7-5-4-6-8-12)17-11-14-18-19-20-21(14)13-9-10-13/h4-8,13,15,17H,9-11H2,1-3H3/t15-/m1/s1. The minimum absolute atomic E-state index is 0.124. The molecule has 5 heteroatoms. The van der Waals surface area contributed by atoms with E-state index in [4.69, 9.17) is 0 Å². The van der Waals surface area contributed by atoms with Gasteiger partial charge < -0.3 is 5.32 Å². The Morgan fingerprint density at radius 3 is 2.57 bits per heavy atom. The molecule has 0 saturated heterocycles. The van der Waals surface area contributed by atoms with Gasteiger partial charge in [-0.3, -0.25) is 0 Å². The lowest BCUT2D eigenvalue weighted by atomic mass is 9.82. The van der Waals surface area contributed by atoms with Gasteiger partial charge in [0.2, 0.25) is 0 Å². The summed E-state index contributed by atoms with van der Waals surface area (Å²) in [6.45, 7) is 7.45. The minimum atomic E-state index is 0.124. The quantitative estimate of drug-likeness (QED) is 0.917. The highest BCUT2D eigenvalue weighted by atomic mass is 15.6. The Balaban J connectivity index is 1.74. The summed E-state index contributed by atoms with van der Waals surface area (Å²) in [4.78, 5) is 0. The molecular weight excluding hydrogens is 262 g/mol. The van der Waals surface area contributed by atoms with E-state index in [0.29, 0.717) is 12.6 Å². The van der Waals surface area contributed by atoms with Crippen molar-refractivity contribution in [3.63, 3.8) is 0 Å². The zero-order valence-electron chi connectivity index (χ0n) is 13.0. The summed E-state index contributed by atoms with van der Waals surface area (Å²) >= 11 is 0. The first-order chi connectivity index (χ1) is 10.1. The van der Waals surface area contributed by atoms with Crippen LogP contribution in [-0.4, -0.2) is 20.2 Å². The van der Waals surface area contributed by atoms with E-state index in [9.17, 15) is 0 Å². The first-order valence-corrected chi connectivity index (χ1v) is 7.61. The molecule has 0 radical (unpaired) electrons. The lowest BCUT2D eigenvalue weighted by Crippen LogP contribution is -2.32. The topological polar surface area (TPSA) is 55.6 Å². The van der Waals surface area contributed by atoms with Crippen molar-refractivity contribution in [3.8, 4) is 0 Å². The van der Waals surface area contributed by atoms with Gasteiger partial charge in [0.05, 0.1) is 12.6 Å². The minimum Gasteiger partial charge on any atom is -0.302 e. The second-order valence-electron chi connectivity index (χ2n) is 6.86. The molecule has 3 rings (SSSR count). The fraction of sp³-hybridized carbons (Fsp3) is 0.562. The van der Waals surface area contributed by atoms with E-state index >= 15 is 0 Å². The van der Waals surface area contributed by atoms with Crippen LogP contribution in [0, 0.1) is 5.41 Å². The monoisotopic (exact) mass is 285 g/mol. The van der Waals surface area contributed by atoms with Crippen molar-refractivity contribution in [2.75, 3.05) is 0 Å². The third-order valence-corrected chi connectivity index (χ3v) is 3.92. The zero-order chi connectivity index (χ0) is 14.9. The van der Waals surface area contributed by atoms with Crippen molar-refractivity contribution in [2.45, 2.75) is 52.2 Å². The highest BCUT2D eigenvalue weighted by Gasteiger charge is 2.29. The average Bonchev–Trinajstić information content (AvgIpc) is 3.18. The summed E-state index contributed by atoms with van der Waals surface area (Å²) in [6, 6.07) is 11.4. The van der Waals surface area contributed by atoms with Crippen molar-refractivity contribution < 1.29 is 0 Å². The molecule has 0 amide bonds. The maximum absolute atomic E-state index is 4.16. The Morgan fingerprint density at radius 2 is 1.95 bits per heavy atom. The Morgan fingerprint density at radius 1 is 1.24 bits per heavy atom. The van der Waals surface area contributed by atoms with E-state index in [-0.39, 0.29) is 11.5 Å². The molecule has 112 valence electrons. The molecule has 1 aromatic heterocycles. The van der Waals surface area contributed by atoms with Crippen LogP contribution in [0.15, 0.2) is 30.3 Å². The second kappa shape index (κ2) is 5.56. The van der Waals surface area contributed by atoms with Crippen LogP contribution in [0.5, 0.6) is 0 Å². The SMILES string of the molecule is CC(C)(C)[C@H](NCc1nnnn1C1CC1)c1ccccc1. The number of rotatable bonds is 5. The number of aromatic nitrogens is 4. The van der Waals surface area contributed by atoms with Crippen LogP contribution in [-0.2, 0) is 6.54 Å². The first-order valence-electron chi connectivity index (χ1n) is 7.61. The molecule has 5 nitrogen and oxygen atoms in total. The van der Waals surface area contributed by atoms with Crippen LogP contribution in [0.3, 0.4) is 0 Å². The summed E-state index contributed by atoms with van der Waals surface area (Å²) in [5, 5.41) is 15.7. The van der Waals surface area contributed by atoms with Crippen molar-refractivity contribution in [3.05, 3.63) is 41.7 Å². The van der Waals surface area contributed by atoms with Gasteiger partial charge in [-0.15, -0.1) is 5.10 Å². The number of nitrogens with one attached hydrogen (secondary N) is 1. The Bertz CT molecular complexity index is 580. The van der Waals surface area contributed by atoms with E-state index in [0.717, 1.165) is 5.82 Å². The zero-order valence-corrected chi connectivity index (χ0v) is 13.0. The first kappa shape index (κ1) is 14.2. The van der Waals surface area contributed by atoms with E-state index in [2.05, 4.69) is 71.9 Å². The third-order valence-electron chi connectivity index (χ3n) is 3.92. The Labute approximate surface area is 125 Å². The maximum Gasteiger partial charge on any atom is 0.165 e. The summed E-state index contributed by atoms with van der Waals surface area (Å²) in [5.41, 5.74) is 1.43. The maximum atomic E-state index is 4.16. The lowest BCUT2D eigenvalue weighted by molar-refractivity contribution is 0.267. The largest absolute Gasteiger partial charge is 0.302 e. The molecule has 1 atom stereocenters. The summed E-state index contributed by atoms with van der Waals surface area (Å²) in [7, 11) is 0. The molecule has 1 saturated carbocycles. The average molecular weight is 285 g/mol. The van der Waals surface area contributed by atoms with Gasteiger partial charge >= 0.3 is 0 Å². The van der Waals surface area contributed by atoms with Crippen LogP contribution < -0.4 is 5.32 Å². The highest BCUT2D eigenvalue weighted by Crippen LogP contribution is 2.35. The smallest absolute Gasteiger partial charge is 0.165 e. The molecule has 0 unspecified atom stereocenters. The molecule has 2 aromatic rings. The van der Waals surface area contributed by atoms with Crippen molar-refractivity contribution in [2.24, 2.45) is 5.41 Å². The predicted molar refractivity (Wildman–Crippen MR) is 81.6 cm³/mol. The Kier molecular flexibility index (Phi) is 3.76. The van der Waals surface area contributed by atoms with Crippen LogP contribution in [0.1, 0.15) is 57.1 Å². The molecule has 1 fully saturated rings. The molecule has 0 aliphatic heterocycles. The number of benzene rings is 1. The van der Waals surface area contributed by atoms with Crippen molar-refractivity contribution in [1.82, 2.24) is 25.5 Å². The highest BCUT2D eigenvalue weighted by molar-refractivity contribution is 5.20. The molecule has 0 spiro atoms. The van der Waals surface area contributed by atoms with Gasteiger partial charge in [-0.25, -0.2) is 4.68 Å². The van der Waals surface area contributed by atoms with E-state index in [1.165, 1.54) is 18.4 Å². The van der Waals surface area contributed by atoms with Crippen LogP contribution in [0.25, 0.3) is 0 Å². The Hall–Kier alpha value is -1.75. The van der Waals surface area contributed by atoms with Crippen molar-refractivity contribution >= 4 is 0 Å². The van der Waals surface area contributed by atoms with E-state index < -0.39 is 0 Å². The predicted octanol–water partition coefficient (Wildman–Crippen LogP) is 2.89. The fourth-order valence-electron chi connectivity index (χ4n) is 2.69. The van der Waals surface area contributed by atoms with Gasteiger partial charge in [0.1, 0.15) is 0 Å². The molecule has 1 aromatic carbocycles. The summed E-state index contributed by atoms with van der Waals surface area (Å²) < 4.78 is 1.97. The van der Waals surface area contributed by atoms with Gasteiger partial charge in [0.15, 0.2) is 5.82 Å². The van der Waals surface area contributed by atoms with Gasteiger partial charge in [-0.05, 0) is 34.2 Å². The molecule has 0 bridgehead atoms. The fourth-order valence-corrected chi connectivity index (χ4v) is 2.69. The van der Waals surface area contributed by atoms with Gasteiger partial charge in [0.25, 0.3) is 0 Å². The number of hydrogen-bond acceptors (Lipinski definition) is 4. The van der Waals surface area contributed by atoms with Crippen molar-refractivity contribution in [1.29, 1.82) is 0 Å². The second-order valence-corrected chi connectivity index (χ2v) is 6.86. The van der Waals surface area contributed by atoms with Crippen LogP contribution in [0.2, 0.25) is 0 Å².